The van der Waals surface area contributed by atoms with E-state index in [2.05, 4.69) is 46.8 Å². The third-order valence-corrected chi connectivity index (χ3v) is 6.94. The fraction of sp³-hybridized carbons (Fsp3) is 0.600. The zero-order chi connectivity index (χ0) is 29.3. The van der Waals surface area contributed by atoms with Gasteiger partial charge in [-0.3, -0.25) is 0 Å². The largest absolute Gasteiger partial charge is 0.494 e. The lowest BCUT2D eigenvalue weighted by Crippen LogP contribution is -2.18. The van der Waals surface area contributed by atoms with Gasteiger partial charge in [-0.2, -0.15) is 0 Å². The average molecular weight is 569 g/mol. The third kappa shape index (κ3) is 10.1. The summed E-state index contributed by atoms with van der Waals surface area (Å²) >= 11 is 0. The lowest BCUT2D eigenvalue weighted by atomic mass is 10.0. The highest BCUT2D eigenvalue weighted by molar-refractivity contribution is 5.70. The molecule has 0 saturated carbocycles. The quantitative estimate of drug-likeness (QED) is 0.140. The number of rotatable bonds is 21. The molecular formula is C35H52O6. The summed E-state index contributed by atoms with van der Waals surface area (Å²) in [6, 6.07) is 10.1. The van der Waals surface area contributed by atoms with Crippen molar-refractivity contribution >= 4 is 6.08 Å². The van der Waals surface area contributed by atoms with E-state index < -0.39 is 6.10 Å². The minimum Gasteiger partial charge on any atom is -0.494 e. The molecule has 1 atom stereocenters. The summed E-state index contributed by atoms with van der Waals surface area (Å²) in [4.78, 5) is 0. The molecule has 0 fully saturated rings. The molecule has 41 heavy (non-hydrogen) atoms. The van der Waals surface area contributed by atoms with Crippen molar-refractivity contribution in [1.29, 1.82) is 0 Å². The zero-order valence-corrected chi connectivity index (χ0v) is 26.1. The summed E-state index contributed by atoms with van der Waals surface area (Å²) in [7, 11) is 0. The van der Waals surface area contributed by atoms with Crippen LogP contribution in [-0.2, 0) is 4.74 Å². The Morgan fingerprint density at radius 3 is 1.71 bits per heavy atom. The summed E-state index contributed by atoms with van der Waals surface area (Å²) in [6.45, 7) is 14.1. The molecule has 2 aromatic rings. The molecule has 3 rings (SSSR count). The van der Waals surface area contributed by atoms with Crippen LogP contribution in [-0.4, -0.2) is 33.0 Å². The van der Waals surface area contributed by atoms with E-state index in [-0.39, 0.29) is 0 Å². The van der Waals surface area contributed by atoms with Gasteiger partial charge in [-0.1, -0.05) is 72.8 Å². The van der Waals surface area contributed by atoms with Gasteiger partial charge < -0.3 is 28.4 Å². The van der Waals surface area contributed by atoms with Gasteiger partial charge in [0.15, 0.2) is 17.6 Å². The summed E-state index contributed by atoms with van der Waals surface area (Å²) in [5, 5.41) is 0. The molecule has 228 valence electrons. The van der Waals surface area contributed by atoms with E-state index in [1.165, 1.54) is 0 Å². The topological polar surface area (TPSA) is 55.4 Å². The molecule has 0 unspecified atom stereocenters. The zero-order valence-electron chi connectivity index (χ0n) is 26.1. The average Bonchev–Trinajstić information content (AvgIpc) is 2.98. The minimum atomic E-state index is -0.424. The molecular weight excluding hydrogens is 516 g/mol. The van der Waals surface area contributed by atoms with Crippen molar-refractivity contribution in [2.45, 2.75) is 105 Å². The van der Waals surface area contributed by atoms with Crippen LogP contribution in [0.4, 0.5) is 0 Å². The lowest BCUT2D eigenvalue weighted by Gasteiger charge is -2.29. The molecule has 6 nitrogen and oxygen atoms in total. The molecule has 0 amide bonds. The molecule has 2 aromatic carbocycles. The van der Waals surface area contributed by atoms with E-state index in [0.717, 1.165) is 110 Å². The summed E-state index contributed by atoms with van der Waals surface area (Å²) < 4.78 is 37.7. The van der Waals surface area contributed by atoms with Crippen LogP contribution in [0.15, 0.2) is 36.1 Å². The molecule has 0 bridgehead atoms. The number of fused-ring (bicyclic) bond motifs is 1. The second kappa shape index (κ2) is 18.4. The van der Waals surface area contributed by atoms with E-state index >= 15 is 0 Å². The van der Waals surface area contributed by atoms with Crippen LogP contribution in [0.2, 0.25) is 0 Å². The Morgan fingerprint density at radius 1 is 0.561 bits per heavy atom. The number of unbranched alkanes of at least 4 members (excludes halogenated alkanes) is 5. The number of hydrogen-bond acceptors (Lipinski definition) is 6. The Balaban J connectivity index is 1.99. The standard InChI is InChI=1S/C35H52O6/c1-6-11-18-36-28-24-31(38-20-13-8-3)29-26-34(40-22-15-10-5)35(41-32(29)25-28)27-16-17-30(37-19-12-7-2)33(23-27)39-21-14-9-4/h16-17,23-26,35H,6-15,18-22H2,1-5H3/t35-/m0/s1. The Hall–Kier alpha value is -3.02. The normalized spacial score (nSPS) is 14.1. The van der Waals surface area contributed by atoms with Crippen molar-refractivity contribution < 1.29 is 28.4 Å². The second-order valence-electron chi connectivity index (χ2n) is 10.6. The van der Waals surface area contributed by atoms with Crippen molar-refractivity contribution in [2.75, 3.05) is 33.0 Å². The fourth-order valence-electron chi connectivity index (χ4n) is 4.34. The molecule has 1 heterocycles. The maximum Gasteiger partial charge on any atom is 0.181 e. The third-order valence-electron chi connectivity index (χ3n) is 6.94. The number of benzene rings is 2. The van der Waals surface area contributed by atoms with Crippen molar-refractivity contribution in [3.8, 4) is 28.7 Å². The Kier molecular flexibility index (Phi) is 14.6. The first-order valence-corrected chi connectivity index (χ1v) is 16.0. The number of ether oxygens (including phenoxy) is 6. The van der Waals surface area contributed by atoms with Crippen LogP contribution >= 0.6 is 0 Å². The van der Waals surface area contributed by atoms with Crippen molar-refractivity contribution in [3.05, 3.63) is 47.2 Å². The predicted molar refractivity (Wildman–Crippen MR) is 167 cm³/mol. The molecule has 1 aliphatic heterocycles. The maximum absolute atomic E-state index is 6.72. The molecule has 0 aliphatic carbocycles. The fourth-order valence-corrected chi connectivity index (χ4v) is 4.34. The van der Waals surface area contributed by atoms with E-state index in [9.17, 15) is 0 Å². The van der Waals surface area contributed by atoms with E-state index in [4.69, 9.17) is 28.4 Å². The van der Waals surface area contributed by atoms with E-state index in [0.29, 0.717) is 33.0 Å². The summed E-state index contributed by atoms with van der Waals surface area (Å²) in [5.74, 6) is 4.54. The number of hydrogen-bond donors (Lipinski definition) is 0. The minimum absolute atomic E-state index is 0.424. The monoisotopic (exact) mass is 568 g/mol. The van der Waals surface area contributed by atoms with Crippen molar-refractivity contribution in [2.24, 2.45) is 0 Å². The van der Waals surface area contributed by atoms with Crippen molar-refractivity contribution in [1.82, 2.24) is 0 Å². The molecule has 0 radical (unpaired) electrons. The van der Waals surface area contributed by atoms with E-state index in [1.54, 1.807) is 0 Å². The molecule has 0 aromatic heterocycles. The van der Waals surface area contributed by atoms with Gasteiger partial charge in [-0.15, -0.1) is 0 Å². The van der Waals surface area contributed by atoms with Gasteiger partial charge >= 0.3 is 0 Å². The van der Waals surface area contributed by atoms with Crippen LogP contribution in [0.1, 0.15) is 116 Å². The first-order chi connectivity index (χ1) is 20.1. The SMILES string of the molecule is CCCCOC1=Cc2c(OCCCC)cc(OCCCC)cc2O[C@H]1c1ccc(OCCCC)c(OCCCC)c1. The van der Waals surface area contributed by atoms with Crippen LogP contribution in [0.5, 0.6) is 28.7 Å². The Bertz CT molecular complexity index is 1060. The van der Waals surface area contributed by atoms with Gasteiger partial charge in [0.05, 0.1) is 38.6 Å². The molecule has 0 spiro atoms. The molecule has 6 heteroatoms. The van der Waals surface area contributed by atoms with Gasteiger partial charge in [-0.25, -0.2) is 0 Å². The molecule has 1 aliphatic rings. The van der Waals surface area contributed by atoms with Crippen LogP contribution < -0.4 is 23.7 Å². The van der Waals surface area contributed by atoms with Gasteiger partial charge in [-0.05, 0) is 50.3 Å². The lowest BCUT2D eigenvalue weighted by molar-refractivity contribution is 0.113. The maximum atomic E-state index is 6.72. The van der Waals surface area contributed by atoms with Gasteiger partial charge in [0.25, 0.3) is 0 Å². The second-order valence-corrected chi connectivity index (χ2v) is 10.6. The Labute approximate surface area is 248 Å². The van der Waals surface area contributed by atoms with Crippen LogP contribution in [0, 0.1) is 0 Å². The predicted octanol–water partition coefficient (Wildman–Crippen LogP) is 9.69. The molecule has 0 saturated heterocycles. The molecule has 0 N–H and O–H groups in total. The van der Waals surface area contributed by atoms with Gasteiger partial charge in [0, 0.05) is 17.7 Å². The highest BCUT2D eigenvalue weighted by Crippen LogP contribution is 2.45. The van der Waals surface area contributed by atoms with Gasteiger partial charge in [0.1, 0.15) is 23.0 Å². The van der Waals surface area contributed by atoms with E-state index in [1.807, 2.05) is 24.3 Å². The highest BCUT2D eigenvalue weighted by Gasteiger charge is 2.30. The van der Waals surface area contributed by atoms with Gasteiger partial charge in [0.2, 0.25) is 0 Å². The summed E-state index contributed by atoms with van der Waals surface area (Å²) in [6.07, 6.45) is 11.9. The van der Waals surface area contributed by atoms with Crippen molar-refractivity contribution in [3.63, 3.8) is 0 Å². The van der Waals surface area contributed by atoms with Crippen LogP contribution in [0.3, 0.4) is 0 Å². The first kappa shape index (κ1) is 32.5. The van der Waals surface area contributed by atoms with Crippen LogP contribution in [0.25, 0.3) is 6.08 Å². The smallest absolute Gasteiger partial charge is 0.181 e. The summed E-state index contributed by atoms with van der Waals surface area (Å²) in [5.41, 5.74) is 1.85. The Morgan fingerprint density at radius 2 is 1.10 bits per heavy atom. The first-order valence-electron chi connectivity index (χ1n) is 16.0. The highest BCUT2D eigenvalue weighted by atomic mass is 16.5.